The van der Waals surface area contributed by atoms with E-state index < -0.39 is 6.10 Å². The lowest BCUT2D eigenvalue weighted by Crippen LogP contribution is -2.34. The van der Waals surface area contributed by atoms with Gasteiger partial charge in [0, 0.05) is 30.6 Å². The normalized spacial score (nSPS) is 15.4. The third-order valence-corrected chi connectivity index (χ3v) is 4.38. The first-order chi connectivity index (χ1) is 12.0. The number of amides is 1. The van der Waals surface area contributed by atoms with Crippen LogP contribution in [0.5, 0.6) is 0 Å². The van der Waals surface area contributed by atoms with Crippen molar-refractivity contribution in [3.63, 3.8) is 0 Å². The Hall–Kier alpha value is -2.12. The van der Waals surface area contributed by atoms with E-state index in [-0.39, 0.29) is 19.1 Å². The summed E-state index contributed by atoms with van der Waals surface area (Å²) in [6.07, 6.45) is 1.73. The van der Waals surface area contributed by atoms with Gasteiger partial charge >= 0.3 is 0 Å². The van der Waals surface area contributed by atoms with Gasteiger partial charge < -0.3 is 19.7 Å². The molecule has 1 unspecified atom stereocenters. The fourth-order valence-electron chi connectivity index (χ4n) is 2.82. The first-order valence-corrected chi connectivity index (χ1v) is 8.62. The molecule has 2 aromatic rings. The van der Waals surface area contributed by atoms with Crippen LogP contribution in [0.1, 0.15) is 40.3 Å². The van der Waals surface area contributed by atoms with Gasteiger partial charge in [-0.05, 0) is 45.6 Å². The van der Waals surface area contributed by atoms with Crippen molar-refractivity contribution in [2.24, 2.45) is 5.92 Å². The smallest absolute Gasteiger partial charge is 0.253 e. The maximum absolute atomic E-state index is 12.4. The van der Waals surface area contributed by atoms with Crippen LogP contribution >= 0.6 is 0 Å². The van der Waals surface area contributed by atoms with Gasteiger partial charge in [0.25, 0.3) is 5.91 Å². The molecule has 1 atom stereocenters. The minimum absolute atomic E-state index is 0.163. The molecule has 0 saturated heterocycles. The summed E-state index contributed by atoms with van der Waals surface area (Å²) < 4.78 is 12.4. The zero-order valence-corrected chi connectivity index (χ0v) is 14.9. The molecular formula is C18H25N3O4. The lowest BCUT2D eigenvalue weighted by molar-refractivity contribution is 0.0320. The highest BCUT2D eigenvalue weighted by molar-refractivity contribution is 5.95. The maximum atomic E-state index is 12.4. The second kappa shape index (κ2) is 7.41. The Morgan fingerprint density at radius 2 is 2.20 bits per heavy atom. The van der Waals surface area contributed by atoms with E-state index in [0.717, 1.165) is 11.4 Å². The summed E-state index contributed by atoms with van der Waals surface area (Å²) in [6, 6.07) is 3.63. The SMILES string of the molecule is Cc1cc(-n2c(C)cc(C(=O)NCC(O)COCC3CC3)c2C)no1. The van der Waals surface area contributed by atoms with Gasteiger partial charge in [0.2, 0.25) is 0 Å². The van der Waals surface area contributed by atoms with Crippen molar-refractivity contribution in [1.29, 1.82) is 0 Å². The standard InChI is InChI=1S/C18H25N3O4/c1-11-6-16(13(3)21(11)17-7-12(2)25-20-17)18(23)19-8-15(22)10-24-9-14-4-5-14/h6-7,14-15,22H,4-5,8-10H2,1-3H3,(H,19,23). The highest BCUT2D eigenvalue weighted by Gasteiger charge is 2.22. The molecule has 0 spiro atoms. The Morgan fingerprint density at radius 1 is 1.44 bits per heavy atom. The Balaban J connectivity index is 1.58. The number of aliphatic hydroxyl groups is 1. The Kier molecular flexibility index (Phi) is 5.24. The Labute approximate surface area is 147 Å². The van der Waals surface area contributed by atoms with E-state index in [1.807, 2.05) is 37.5 Å². The van der Waals surface area contributed by atoms with Gasteiger partial charge in [-0.2, -0.15) is 0 Å². The topological polar surface area (TPSA) is 89.5 Å². The molecule has 1 amide bonds. The summed E-state index contributed by atoms with van der Waals surface area (Å²) in [7, 11) is 0. The predicted octanol–water partition coefficient (Wildman–Crippen LogP) is 1.91. The molecule has 7 heteroatoms. The van der Waals surface area contributed by atoms with Crippen molar-refractivity contribution in [1.82, 2.24) is 15.0 Å². The van der Waals surface area contributed by atoms with Gasteiger partial charge in [-0.1, -0.05) is 5.16 Å². The van der Waals surface area contributed by atoms with Crippen LogP contribution in [0.15, 0.2) is 16.7 Å². The first-order valence-electron chi connectivity index (χ1n) is 8.62. The summed E-state index contributed by atoms with van der Waals surface area (Å²) in [5.74, 6) is 1.80. The molecule has 136 valence electrons. The molecule has 1 saturated carbocycles. The van der Waals surface area contributed by atoms with Crippen LogP contribution in [0, 0.1) is 26.7 Å². The van der Waals surface area contributed by atoms with E-state index in [0.29, 0.717) is 29.7 Å². The molecule has 0 radical (unpaired) electrons. The number of rotatable bonds is 8. The van der Waals surface area contributed by atoms with Gasteiger partial charge in [-0.25, -0.2) is 0 Å². The molecule has 2 N–H and O–H groups in total. The number of aryl methyl sites for hydroxylation is 2. The molecule has 25 heavy (non-hydrogen) atoms. The van der Waals surface area contributed by atoms with Crippen molar-refractivity contribution < 1.29 is 19.2 Å². The van der Waals surface area contributed by atoms with Crippen molar-refractivity contribution in [3.05, 3.63) is 34.8 Å². The summed E-state index contributed by atoms with van der Waals surface area (Å²) in [5.41, 5.74) is 2.23. The summed E-state index contributed by atoms with van der Waals surface area (Å²) >= 11 is 0. The number of ether oxygens (including phenoxy) is 1. The fraction of sp³-hybridized carbons (Fsp3) is 0.556. The molecule has 0 aliphatic heterocycles. The van der Waals surface area contributed by atoms with Crippen LogP contribution < -0.4 is 5.32 Å². The fourth-order valence-corrected chi connectivity index (χ4v) is 2.82. The second-order valence-corrected chi connectivity index (χ2v) is 6.76. The van der Waals surface area contributed by atoms with E-state index in [1.165, 1.54) is 12.8 Å². The van der Waals surface area contributed by atoms with Crippen LogP contribution in [0.4, 0.5) is 0 Å². The van der Waals surface area contributed by atoms with Crippen molar-refractivity contribution in [2.45, 2.75) is 39.7 Å². The minimum Gasteiger partial charge on any atom is -0.389 e. The van der Waals surface area contributed by atoms with Crippen LogP contribution in [-0.4, -0.2) is 46.6 Å². The molecule has 2 heterocycles. The number of carbonyl (C=O) groups is 1. The number of carbonyl (C=O) groups excluding carboxylic acids is 1. The zero-order valence-electron chi connectivity index (χ0n) is 14.9. The molecule has 7 nitrogen and oxygen atoms in total. The third-order valence-electron chi connectivity index (χ3n) is 4.38. The quantitative estimate of drug-likeness (QED) is 0.761. The largest absolute Gasteiger partial charge is 0.389 e. The predicted molar refractivity (Wildman–Crippen MR) is 91.9 cm³/mol. The van der Waals surface area contributed by atoms with Crippen LogP contribution in [0.3, 0.4) is 0 Å². The number of nitrogens with one attached hydrogen (secondary N) is 1. The van der Waals surface area contributed by atoms with Crippen molar-refractivity contribution >= 4 is 5.91 Å². The number of aromatic nitrogens is 2. The van der Waals surface area contributed by atoms with E-state index >= 15 is 0 Å². The van der Waals surface area contributed by atoms with Crippen LogP contribution in [-0.2, 0) is 4.74 Å². The summed E-state index contributed by atoms with van der Waals surface area (Å²) in [4.78, 5) is 12.4. The van der Waals surface area contributed by atoms with E-state index in [1.54, 1.807) is 0 Å². The average molecular weight is 347 g/mol. The van der Waals surface area contributed by atoms with E-state index in [9.17, 15) is 9.90 Å². The minimum atomic E-state index is -0.704. The molecule has 0 aromatic carbocycles. The number of hydrogen-bond acceptors (Lipinski definition) is 5. The van der Waals surface area contributed by atoms with Crippen LogP contribution in [0.2, 0.25) is 0 Å². The monoisotopic (exact) mass is 347 g/mol. The molecule has 1 fully saturated rings. The average Bonchev–Trinajstić information content (AvgIpc) is 3.22. The van der Waals surface area contributed by atoms with E-state index in [2.05, 4.69) is 10.5 Å². The van der Waals surface area contributed by atoms with Gasteiger partial charge in [0.15, 0.2) is 5.82 Å². The Bertz CT molecular complexity index is 746. The molecule has 1 aliphatic carbocycles. The van der Waals surface area contributed by atoms with Gasteiger partial charge in [0.05, 0.1) is 18.3 Å². The van der Waals surface area contributed by atoms with Crippen LogP contribution in [0.25, 0.3) is 5.82 Å². The molecular weight excluding hydrogens is 322 g/mol. The molecule has 1 aliphatic rings. The summed E-state index contributed by atoms with van der Waals surface area (Å²) in [5, 5.41) is 16.7. The van der Waals surface area contributed by atoms with Gasteiger partial charge in [0.1, 0.15) is 5.76 Å². The lowest BCUT2D eigenvalue weighted by atomic mass is 10.2. The number of hydrogen-bond donors (Lipinski definition) is 2. The Morgan fingerprint density at radius 3 is 2.84 bits per heavy atom. The van der Waals surface area contributed by atoms with E-state index in [4.69, 9.17) is 9.26 Å². The highest BCUT2D eigenvalue weighted by atomic mass is 16.5. The summed E-state index contributed by atoms with van der Waals surface area (Å²) in [6.45, 7) is 6.70. The van der Waals surface area contributed by atoms with Crippen molar-refractivity contribution in [2.75, 3.05) is 19.8 Å². The highest BCUT2D eigenvalue weighted by Crippen LogP contribution is 2.28. The number of nitrogens with zero attached hydrogens (tertiary/aromatic N) is 2. The van der Waals surface area contributed by atoms with Gasteiger partial charge in [-0.3, -0.25) is 9.36 Å². The zero-order chi connectivity index (χ0) is 18.0. The molecule has 0 bridgehead atoms. The molecule has 2 aromatic heterocycles. The van der Waals surface area contributed by atoms with Gasteiger partial charge in [-0.15, -0.1) is 0 Å². The first kappa shape index (κ1) is 17.7. The lowest BCUT2D eigenvalue weighted by Gasteiger charge is -2.12. The third kappa shape index (κ3) is 4.29. The number of aliphatic hydroxyl groups excluding tert-OH is 1. The second-order valence-electron chi connectivity index (χ2n) is 6.76. The maximum Gasteiger partial charge on any atom is 0.253 e. The van der Waals surface area contributed by atoms with Crippen molar-refractivity contribution in [3.8, 4) is 5.82 Å². The molecule has 3 rings (SSSR count).